The Balaban J connectivity index is 1.51. The summed E-state index contributed by atoms with van der Waals surface area (Å²) < 4.78 is 19.7. The van der Waals surface area contributed by atoms with Crippen molar-refractivity contribution in [3.63, 3.8) is 0 Å². The molecular formula is C22H19FN2O2S2. The molecule has 4 aromatic rings. The molecular weight excluding hydrogens is 407 g/mol. The van der Waals surface area contributed by atoms with E-state index < -0.39 is 0 Å². The van der Waals surface area contributed by atoms with Gasteiger partial charge in [-0.05, 0) is 49.4 Å². The van der Waals surface area contributed by atoms with E-state index in [1.54, 1.807) is 35.1 Å². The Morgan fingerprint density at radius 3 is 2.79 bits per heavy atom. The van der Waals surface area contributed by atoms with Crippen LogP contribution in [0, 0.1) is 12.7 Å². The Kier molecular flexibility index (Phi) is 5.97. The van der Waals surface area contributed by atoms with Crippen LogP contribution < -0.4 is 4.90 Å². The summed E-state index contributed by atoms with van der Waals surface area (Å²) in [6, 6.07) is 16.3. The average molecular weight is 427 g/mol. The Labute approximate surface area is 176 Å². The number of carbonyl (C=O) groups excluding carboxylic acids is 1. The first-order chi connectivity index (χ1) is 14.1. The van der Waals surface area contributed by atoms with Gasteiger partial charge in [0.1, 0.15) is 11.6 Å². The van der Waals surface area contributed by atoms with Gasteiger partial charge >= 0.3 is 0 Å². The Bertz CT molecular complexity index is 1110. The first-order valence-electron chi connectivity index (χ1n) is 9.17. The number of nitrogens with zero attached hydrogens (tertiary/aromatic N) is 2. The number of amides is 1. The molecule has 7 heteroatoms. The molecule has 2 heterocycles. The zero-order valence-electron chi connectivity index (χ0n) is 15.8. The standard InChI is InChI=1S/C22H19FN2O2S2/c1-15-4-7-18(8-5-15)28-12-10-21(26)25(14-17-3-2-11-27-17)22-24-19-9-6-16(23)13-20(19)29-22/h2-9,11,13H,10,12,14H2,1H3. The lowest BCUT2D eigenvalue weighted by Crippen LogP contribution is -2.30. The number of furan rings is 1. The van der Waals surface area contributed by atoms with E-state index in [4.69, 9.17) is 4.42 Å². The molecule has 2 aromatic heterocycles. The van der Waals surface area contributed by atoms with E-state index in [9.17, 15) is 9.18 Å². The molecule has 0 aliphatic rings. The first kappa shape index (κ1) is 19.7. The normalized spacial score (nSPS) is 11.1. The quantitative estimate of drug-likeness (QED) is 0.337. The molecule has 148 valence electrons. The third-order valence-electron chi connectivity index (χ3n) is 4.37. The molecule has 0 radical (unpaired) electrons. The van der Waals surface area contributed by atoms with Crippen LogP contribution in [0.2, 0.25) is 0 Å². The highest BCUT2D eigenvalue weighted by molar-refractivity contribution is 7.99. The maximum absolute atomic E-state index is 13.5. The van der Waals surface area contributed by atoms with E-state index in [0.29, 0.717) is 39.8 Å². The van der Waals surface area contributed by atoms with Crippen molar-refractivity contribution in [1.82, 2.24) is 4.98 Å². The zero-order valence-corrected chi connectivity index (χ0v) is 17.4. The van der Waals surface area contributed by atoms with Crippen molar-refractivity contribution in [3.05, 3.63) is 78.0 Å². The second-order valence-corrected chi connectivity index (χ2v) is 8.76. The van der Waals surface area contributed by atoms with Gasteiger partial charge < -0.3 is 4.42 Å². The number of aromatic nitrogens is 1. The van der Waals surface area contributed by atoms with E-state index in [2.05, 4.69) is 29.2 Å². The van der Waals surface area contributed by atoms with Crippen LogP contribution >= 0.6 is 23.1 Å². The number of thioether (sulfide) groups is 1. The highest BCUT2D eigenvalue weighted by Gasteiger charge is 2.21. The Hall–Kier alpha value is -2.64. The third-order valence-corrected chi connectivity index (χ3v) is 6.43. The van der Waals surface area contributed by atoms with Gasteiger partial charge in [0.25, 0.3) is 0 Å². The average Bonchev–Trinajstić information content (AvgIpc) is 3.36. The fraction of sp³-hybridized carbons (Fsp3) is 0.182. The summed E-state index contributed by atoms with van der Waals surface area (Å²) in [5.74, 6) is 0.984. The van der Waals surface area contributed by atoms with E-state index >= 15 is 0 Å². The number of thiazole rings is 1. The smallest absolute Gasteiger partial charge is 0.230 e. The summed E-state index contributed by atoms with van der Waals surface area (Å²) in [6.07, 6.45) is 1.95. The van der Waals surface area contributed by atoms with Gasteiger partial charge in [0, 0.05) is 17.1 Å². The summed E-state index contributed by atoms with van der Waals surface area (Å²) in [6.45, 7) is 2.34. The van der Waals surface area contributed by atoms with Gasteiger partial charge in [-0.25, -0.2) is 9.37 Å². The minimum Gasteiger partial charge on any atom is -0.467 e. The van der Waals surface area contributed by atoms with Gasteiger partial charge in [0.05, 0.1) is 23.0 Å². The second-order valence-electron chi connectivity index (χ2n) is 6.58. The van der Waals surface area contributed by atoms with Gasteiger partial charge in [0.15, 0.2) is 5.13 Å². The van der Waals surface area contributed by atoms with Gasteiger partial charge in [-0.2, -0.15) is 0 Å². The number of halogens is 1. The predicted molar refractivity (Wildman–Crippen MR) is 116 cm³/mol. The van der Waals surface area contributed by atoms with Crippen molar-refractivity contribution >= 4 is 44.4 Å². The van der Waals surface area contributed by atoms with Crippen LogP contribution in [0.5, 0.6) is 0 Å². The number of aryl methyl sites for hydroxylation is 1. The van der Waals surface area contributed by atoms with Crippen LogP contribution in [0.4, 0.5) is 9.52 Å². The minimum atomic E-state index is -0.314. The number of hydrogen-bond donors (Lipinski definition) is 0. The maximum Gasteiger partial charge on any atom is 0.230 e. The predicted octanol–water partition coefficient (Wildman–Crippen LogP) is 6.05. The van der Waals surface area contributed by atoms with E-state index in [0.717, 1.165) is 4.90 Å². The van der Waals surface area contributed by atoms with E-state index in [-0.39, 0.29) is 11.7 Å². The van der Waals surface area contributed by atoms with Crippen molar-refractivity contribution < 1.29 is 13.6 Å². The molecule has 0 bridgehead atoms. The Morgan fingerprint density at radius 2 is 2.03 bits per heavy atom. The SMILES string of the molecule is Cc1ccc(SCCC(=O)N(Cc2ccco2)c2nc3ccc(F)cc3s2)cc1. The van der Waals surface area contributed by atoms with Crippen molar-refractivity contribution in [2.75, 3.05) is 10.7 Å². The number of carbonyl (C=O) groups is 1. The number of benzene rings is 2. The van der Waals surface area contributed by atoms with E-state index in [1.807, 2.05) is 13.0 Å². The van der Waals surface area contributed by atoms with Crippen LogP contribution in [0.25, 0.3) is 10.2 Å². The fourth-order valence-corrected chi connectivity index (χ4v) is 4.70. The molecule has 1 amide bonds. The zero-order chi connectivity index (χ0) is 20.2. The molecule has 0 aliphatic carbocycles. The first-order valence-corrected chi connectivity index (χ1v) is 11.0. The molecule has 0 unspecified atom stereocenters. The molecule has 0 fully saturated rings. The monoisotopic (exact) mass is 426 g/mol. The molecule has 4 rings (SSSR count). The van der Waals surface area contributed by atoms with Crippen molar-refractivity contribution in [1.29, 1.82) is 0 Å². The molecule has 0 spiro atoms. The summed E-state index contributed by atoms with van der Waals surface area (Å²) in [4.78, 5) is 20.3. The highest BCUT2D eigenvalue weighted by atomic mass is 32.2. The Morgan fingerprint density at radius 1 is 1.21 bits per heavy atom. The van der Waals surface area contributed by atoms with Gasteiger partial charge in [-0.3, -0.25) is 9.69 Å². The second kappa shape index (κ2) is 8.80. The van der Waals surface area contributed by atoms with Crippen LogP contribution in [-0.4, -0.2) is 16.6 Å². The topological polar surface area (TPSA) is 46.3 Å². The molecule has 0 saturated carbocycles. The van der Waals surface area contributed by atoms with Crippen molar-refractivity contribution in [3.8, 4) is 0 Å². The molecule has 4 nitrogen and oxygen atoms in total. The van der Waals surface area contributed by atoms with Gasteiger partial charge in [0.2, 0.25) is 5.91 Å². The summed E-state index contributed by atoms with van der Waals surface area (Å²) in [5.41, 5.74) is 1.89. The van der Waals surface area contributed by atoms with Crippen LogP contribution in [0.15, 0.2) is 70.2 Å². The number of rotatable bonds is 7. The summed E-state index contributed by atoms with van der Waals surface area (Å²) in [7, 11) is 0. The van der Waals surface area contributed by atoms with Gasteiger partial charge in [-0.15, -0.1) is 11.8 Å². The molecule has 2 aromatic carbocycles. The van der Waals surface area contributed by atoms with Crippen molar-refractivity contribution in [2.45, 2.75) is 24.8 Å². The van der Waals surface area contributed by atoms with Gasteiger partial charge in [-0.1, -0.05) is 29.0 Å². The lowest BCUT2D eigenvalue weighted by molar-refractivity contribution is -0.118. The van der Waals surface area contributed by atoms with Crippen LogP contribution in [-0.2, 0) is 11.3 Å². The van der Waals surface area contributed by atoms with Crippen LogP contribution in [0.1, 0.15) is 17.7 Å². The maximum atomic E-state index is 13.5. The highest BCUT2D eigenvalue weighted by Crippen LogP contribution is 2.31. The molecule has 0 N–H and O–H groups in total. The third kappa shape index (κ3) is 4.86. The largest absolute Gasteiger partial charge is 0.467 e. The van der Waals surface area contributed by atoms with Crippen molar-refractivity contribution in [2.24, 2.45) is 0 Å². The fourth-order valence-electron chi connectivity index (χ4n) is 2.85. The number of anilines is 1. The number of fused-ring (bicyclic) bond motifs is 1. The molecule has 0 atom stereocenters. The van der Waals surface area contributed by atoms with E-state index in [1.165, 1.54) is 29.0 Å². The summed E-state index contributed by atoms with van der Waals surface area (Å²) >= 11 is 2.95. The summed E-state index contributed by atoms with van der Waals surface area (Å²) in [5, 5.41) is 0.548. The lowest BCUT2D eigenvalue weighted by Gasteiger charge is -2.18. The van der Waals surface area contributed by atoms with Crippen LogP contribution in [0.3, 0.4) is 0 Å². The molecule has 0 aliphatic heterocycles. The molecule has 0 saturated heterocycles. The molecule has 29 heavy (non-hydrogen) atoms. The minimum absolute atomic E-state index is 0.0412. The number of hydrogen-bond acceptors (Lipinski definition) is 5. The lowest BCUT2D eigenvalue weighted by atomic mass is 10.2.